The number of aromatic nitrogens is 3. The van der Waals surface area contributed by atoms with Crippen LogP contribution in [0.5, 0.6) is 0 Å². The fourth-order valence-electron chi connectivity index (χ4n) is 2.95. The summed E-state index contributed by atoms with van der Waals surface area (Å²) in [5.74, 6) is 0. The molecule has 0 saturated carbocycles. The van der Waals surface area contributed by atoms with Crippen molar-refractivity contribution in [2.24, 2.45) is 4.99 Å². The average Bonchev–Trinajstić information content (AvgIpc) is 3.35. The lowest BCUT2D eigenvalue weighted by Gasteiger charge is -2.10. The molecule has 2 heterocycles. The summed E-state index contributed by atoms with van der Waals surface area (Å²) in [6, 6.07) is 18.1. The molecular formula is C21H19ClN4S. The molecule has 136 valence electrons. The van der Waals surface area contributed by atoms with Gasteiger partial charge in [-0.05, 0) is 24.1 Å². The summed E-state index contributed by atoms with van der Waals surface area (Å²) in [5.41, 5.74) is 3.16. The van der Waals surface area contributed by atoms with Gasteiger partial charge >= 0.3 is 0 Å². The molecular weight excluding hydrogens is 376 g/mol. The Morgan fingerprint density at radius 3 is 2.59 bits per heavy atom. The molecule has 0 aliphatic carbocycles. The minimum Gasteiger partial charge on any atom is -0.337 e. The fourth-order valence-corrected chi connectivity index (χ4v) is 4.08. The number of halogens is 1. The van der Waals surface area contributed by atoms with Crippen LogP contribution in [0, 0.1) is 0 Å². The molecule has 0 N–H and O–H groups in total. The van der Waals surface area contributed by atoms with Gasteiger partial charge in [0.15, 0.2) is 4.80 Å². The number of imidazole rings is 1. The van der Waals surface area contributed by atoms with Crippen molar-refractivity contribution in [1.29, 1.82) is 0 Å². The smallest absolute Gasteiger partial charge is 0.190 e. The maximum atomic E-state index is 6.31. The van der Waals surface area contributed by atoms with E-state index in [9.17, 15) is 0 Å². The monoisotopic (exact) mass is 394 g/mol. The average molecular weight is 395 g/mol. The Bertz CT molecular complexity index is 1070. The zero-order valence-electron chi connectivity index (χ0n) is 14.7. The van der Waals surface area contributed by atoms with Gasteiger partial charge in [0.25, 0.3) is 0 Å². The van der Waals surface area contributed by atoms with Crippen LogP contribution in [0.25, 0.3) is 11.3 Å². The molecule has 0 aliphatic heterocycles. The van der Waals surface area contributed by atoms with E-state index in [0.717, 1.165) is 30.0 Å². The lowest BCUT2D eigenvalue weighted by atomic mass is 10.2. The van der Waals surface area contributed by atoms with Crippen LogP contribution >= 0.6 is 22.9 Å². The number of thiazole rings is 1. The maximum absolute atomic E-state index is 6.31. The standard InChI is InChI=1S/C21H19ClN4S/c22-18-9-4-5-10-19(18)24-21-26(13-6-12-25-14-11-23-16-25)20(15-27-21)17-7-2-1-3-8-17/h1-5,7-11,14-16H,6,12-13H2. The molecule has 0 bridgehead atoms. The van der Waals surface area contributed by atoms with Crippen molar-refractivity contribution in [3.05, 3.63) is 88.5 Å². The van der Waals surface area contributed by atoms with E-state index >= 15 is 0 Å². The quantitative estimate of drug-likeness (QED) is 0.431. The zero-order chi connectivity index (χ0) is 18.5. The Kier molecular flexibility index (Phi) is 5.51. The number of benzene rings is 2. The van der Waals surface area contributed by atoms with Crippen LogP contribution in [-0.4, -0.2) is 14.1 Å². The topological polar surface area (TPSA) is 35.1 Å². The Balaban J connectivity index is 1.70. The van der Waals surface area contributed by atoms with Gasteiger partial charge < -0.3 is 9.13 Å². The number of hydrogen-bond donors (Lipinski definition) is 0. The second kappa shape index (κ2) is 8.37. The number of hydrogen-bond acceptors (Lipinski definition) is 3. The number of rotatable bonds is 6. The third-order valence-electron chi connectivity index (χ3n) is 4.29. The van der Waals surface area contributed by atoms with Crippen molar-refractivity contribution in [3.8, 4) is 11.3 Å². The summed E-state index contributed by atoms with van der Waals surface area (Å²) in [7, 11) is 0. The van der Waals surface area contributed by atoms with Gasteiger partial charge in [-0.2, -0.15) is 0 Å². The molecule has 2 aromatic carbocycles. The van der Waals surface area contributed by atoms with Crippen LogP contribution in [0.4, 0.5) is 5.69 Å². The highest BCUT2D eigenvalue weighted by Gasteiger charge is 2.08. The van der Waals surface area contributed by atoms with Crippen LogP contribution in [0.15, 0.2) is 83.7 Å². The minimum absolute atomic E-state index is 0.664. The molecule has 4 aromatic rings. The Morgan fingerprint density at radius 2 is 1.81 bits per heavy atom. The summed E-state index contributed by atoms with van der Waals surface area (Å²) in [5, 5.41) is 2.83. The van der Waals surface area contributed by atoms with Crippen molar-refractivity contribution in [2.75, 3.05) is 0 Å². The molecule has 27 heavy (non-hydrogen) atoms. The molecule has 0 radical (unpaired) electrons. The van der Waals surface area contributed by atoms with Crippen LogP contribution in [0.2, 0.25) is 5.02 Å². The molecule has 0 atom stereocenters. The molecule has 0 fully saturated rings. The molecule has 0 unspecified atom stereocenters. The third-order valence-corrected chi connectivity index (χ3v) is 5.48. The minimum atomic E-state index is 0.664. The molecule has 2 aromatic heterocycles. The van der Waals surface area contributed by atoms with Crippen LogP contribution < -0.4 is 4.80 Å². The van der Waals surface area contributed by atoms with Crippen molar-refractivity contribution in [1.82, 2.24) is 14.1 Å². The van der Waals surface area contributed by atoms with Crippen molar-refractivity contribution >= 4 is 28.6 Å². The third kappa shape index (κ3) is 4.21. The summed E-state index contributed by atoms with van der Waals surface area (Å²) in [6.07, 6.45) is 6.64. The highest BCUT2D eigenvalue weighted by atomic mass is 35.5. The largest absolute Gasteiger partial charge is 0.337 e. The molecule has 0 saturated heterocycles. The van der Waals surface area contributed by atoms with Crippen LogP contribution in [0.3, 0.4) is 0 Å². The number of aryl methyl sites for hydroxylation is 1. The van der Waals surface area contributed by atoms with Gasteiger partial charge in [0.2, 0.25) is 0 Å². The predicted molar refractivity (Wildman–Crippen MR) is 111 cm³/mol. The second-order valence-electron chi connectivity index (χ2n) is 6.14. The van der Waals surface area contributed by atoms with E-state index in [1.807, 2.05) is 49.1 Å². The molecule has 4 nitrogen and oxygen atoms in total. The van der Waals surface area contributed by atoms with Gasteiger partial charge in [-0.1, -0.05) is 54.1 Å². The molecule has 0 spiro atoms. The van der Waals surface area contributed by atoms with Crippen molar-refractivity contribution in [2.45, 2.75) is 19.5 Å². The molecule has 0 aliphatic rings. The van der Waals surface area contributed by atoms with Gasteiger partial charge in [0, 0.05) is 30.9 Å². The Hall–Kier alpha value is -2.63. The predicted octanol–water partition coefficient (Wildman–Crippen LogP) is 5.39. The lowest BCUT2D eigenvalue weighted by Crippen LogP contribution is -2.17. The zero-order valence-corrected chi connectivity index (χ0v) is 16.3. The summed E-state index contributed by atoms with van der Waals surface area (Å²) < 4.78 is 4.38. The lowest BCUT2D eigenvalue weighted by molar-refractivity contribution is 0.559. The van der Waals surface area contributed by atoms with E-state index < -0.39 is 0 Å². The van der Waals surface area contributed by atoms with Gasteiger partial charge in [-0.15, -0.1) is 11.3 Å². The molecule has 0 amide bonds. The number of para-hydroxylation sites is 1. The highest BCUT2D eigenvalue weighted by molar-refractivity contribution is 7.07. The SMILES string of the molecule is Clc1ccccc1N=c1scc(-c2ccccc2)n1CCCn1ccnc1. The Morgan fingerprint density at radius 1 is 1.00 bits per heavy atom. The Labute approximate surface area is 167 Å². The second-order valence-corrected chi connectivity index (χ2v) is 7.38. The van der Waals surface area contributed by atoms with Crippen molar-refractivity contribution in [3.63, 3.8) is 0 Å². The first kappa shape index (κ1) is 17.8. The highest BCUT2D eigenvalue weighted by Crippen LogP contribution is 2.25. The van der Waals surface area contributed by atoms with E-state index in [2.05, 4.69) is 43.8 Å². The van der Waals surface area contributed by atoms with Crippen LogP contribution in [-0.2, 0) is 13.1 Å². The van der Waals surface area contributed by atoms with E-state index in [4.69, 9.17) is 16.6 Å². The first-order valence-corrected chi connectivity index (χ1v) is 10.1. The molecule has 4 rings (SSSR count). The van der Waals surface area contributed by atoms with Crippen LogP contribution in [0.1, 0.15) is 6.42 Å². The van der Waals surface area contributed by atoms with E-state index in [0.29, 0.717) is 5.02 Å². The normalized spacial score (nSPS) is 11.8. The number of nitrogens with zero attached hydrogens (tertiary/aromatic N) is 4. The first-order chi connectivity index (χ1) is 13.3. The summed E-state index contributed by atoms with van der Waals surface area (Å²) in [6.45, 7) is 1.79. The summed E-state index contributed by atoms with van der Waals surface area (Å²) >= 11 is 7.95. The van der Waals surface area contributed by atoms with E-state index in [1.165, 1.54) is 11.3 Å². The first-order valence-electron chi connectivity index (χ1n) is 8.80. The van der Waals surface area contributed by atoms with E-state index in [1.54, 1.807) is 11.3 Å². The van der Waals surface area contributed by atoms with Gasteiger partial charge in [0.1, 0.15) is 0 Å². The summed E-state index contributed by atoms with van der Waals surface area (Å²) in [4.78, 5) is 9.90. The molecule has 6 heteroatoms. The maximum Gasteiger partial charge on any atom is 0.190 e. The van der Waals surface area contributed by atoms with Crippen molar-refractivity contribution < 1.29 is 0 Å². The van der Waals surface area contributed by atoms with Gasteiger partial charge in [-0.25, -0.2) is 9.98 Å². The fraction of sp³-hybridized carbons (Fsp3) is 0.143. The van der Waals surface area contributed by atoms with Gasteiger partial charge in [0.05, 0.1) is 22.7 Å². The van der Waals surface area contributed by atoms with Gasteiger partial charge in [-0.3, -0.25) is 0 Å². The van der Waals surface area contributed by atoms with E-state index in [-0.39, 0.29) is 0 Å².